The molecule has 0 fully saturated rings. The summed E-state index contributed by atoms with van der Waals surface area (Å²) in [5, 5.41) is 18.4. The fraction of sp³-hybridized carbons (Fsp3) is 0.250. The molecule has 1 N–H and O–H groups in total. The molecule has 0 spiro atoms. The number of nitrogens with zero attached hydrogens (tertiary/aromatic N) is 3. The lowest BCUT2D eigenvalue weighted by molar-refractivity contribution is -0.137. The Bertz CT molecular complexity index is 598. The molecule has 1 aromatic heterocycles. The second kappa shape index (κ2) is 5.75. The summed E-state index contributed by atoms with van der Waals surface area (Å²) in [7, 11) is 3.12. The molecule has 0 radical (unpaired) electrons. The zero-order valence-corrected chi connectivity index (χ0v) is 11.3. The number of thioether (sulfide) groups is 1. The molecule has 0 bridgehead atoms. The van der Waals surface area contributed by atoms with E-state index in [-0.39, 0.29) is 17.5 Å². The first-order valence-corrected chi connectivity index (χ1v) is 6.49. The van der Waals surface area contributed by atoms with Gasteiger partial charge in [0.1, 0.15) is 5.75 Å². The summed E-state index contributed by atoms with van der Waals surface area (Å²) >= 11 is 1.23. The lowest BCUT2D eigenvalue weighted by Gasteiger charge is -2.04. The number of carbonyl (C=O) groups excluding carboxylic acids is 1. The molecule has 0 saturated carbocycles. The normalized spacial score (nSPS) is 10.4. The van der Waals surface area contributed by atoms with Gasteiger partial charge in [-0.1, -0.05) is 23.9 Å². The maximum Gasteiger partial charge on any atom is 0.316 e. The van der Waals surface area contributed by atoms with E-state index in [1.807, 2.05) is 6.07 Å². The van der Waals surface area contributed by atoms with Gasteiger partial charge in [-0.05, 0) is 12.1 Å². The number of aromatic hydroxyl groups is 1. The van der Waals surface area contributed by atoms with Crippen molar-refractivity contribution < 1.29 is 14.6 Å². The smallest absolute Gasteiger partial charge is 0.316 e. The molecule has 100 valence electrons. The molecule has 0 aliphatic rings. The van der Waals surface area contributed by atoms with Crippen LogP contribution in [0, 0.1) is 0 Å². The maximum absolute atomic E-state index is 11.1. The van der Waals surface area contributed by atoms with E-state index in [1.165, 1.54) is 18.9 Å². The van der Waals surface area contributed by atoms with E-state index in [0.29, 0.717) is 16.5 Å². The Hall–Kier alpha value is -2.02. The van der Waals surface area contributed by atoms with E-state index in [1.54, 1.807) is 29.8 Å². The van der Waals surface area contributed by atoms with Gasteiger partial charge in [0.25, 0.3) is 0 Å². The molecule has 19 heavy (non-hydrogen) atoms. The average Bonchev–Trinajstić information content (AvgIpc) is 2.78. The predicted octanol–water partition coefficient (Wildman–Crippen LogP) is 1.45. The van der Waals surface area contributed by atoms with Gasteiger partial charge in [-0.3, -0.25) is 4.79 Å². The third-order valence-corrected chi connectivity index (χ3v) is 3.52. The number of phenolic OH excluding ortho intramolecular Hbond substituents is 1. The fourth-order valence-electron chi connectivity index (χ4n) is 1.52. The van der Waals surface area contributed by atoms with Gasteiger partial charge in [0.2, 0.25) is 0 Å². The van der Waals surface area contributed by atoms with Crippen LogP contribution in [-0.2, 0) is 16.6 Å². The van der Waals surface area contributed by atoms with Crippen LogP contribution in [0.25, 0.3) is 11.4 Å². The second-order valence-electron chi connectivity index (χ2n) is 3.75. The first-order chi connectivity index (χ1) is 9.13. The number of rotatable bonds is 4. The van der Waals surface area contributed by atoms with Crippen LogP contribution in [0.5, 0.6) is 5.75 Å². The maximum atomic E-state index is 11.1. The van der Waals surface area contributed by atoms with Crippen LogP contribution in [0.2, 0.25) is 0 Å². The molecular formula is C12H13N3O3S. The Balaban J connectivity index is 2.24. The number of carbonyl (C=O) groups is 1. The van der Waals surface area contributed by atoms with Crippen molar-refractivity contribution in [3.8, 4) is 17.1 Å². The summed E-state index contributed by atoms with van der Waals surface area (Å²) in [6, 6.07) is 6.90. The average molecular weight is 279 g/mol. The first kappa shape index (κ1) is 13.4. The van der Waals surface area contributed by atoms with Crippen molar-refractivity contribution in [2.75, 3.05) is 12.9 Å². The zero-order chi connectivity index (χ0) is 13.8. The summed E-state index contributed by atoms with van der Waals surface area (Å²) in [5.41, 5.74) is 0.599. The highest BCUT2D eigenvalue weighted by Gasteiger charge is 2.15. The molecule has 1 aromatic carbocycles. The van der Waals surface area contributed by atoms with E-state index in [9.17, 15) is 9.90 Å². The Morgan fingerprint density at radius 2 is 2.16 bits per heavy atom. The van der Waals surface area contributed by atoms with Crippen LogP contribution in [0.4, 0.5) is 0 Å². The topological polar surface area (TPSA) is 77.2 Å². The monoisotopic (exact) mass is 279 g/mol. The standard InChI is InChI=1S/C12H13N3O3S/c1-15-11(8-5-3-4-6-9(8)16)13-14-12(15)19-7-10(17)18-2/h3-6,16H,7H2,1-2H3. The van der Waals surface area contributed by atoms with E-state index in [0.717, 1.165) is 0 Å². The van der Waals surface area contributed by atoms with Gasteiger partial charge in [-0.25, -0.2) is 0 Å². The van der Waals surface area contributed by atoms with Gasteiger partial charge in [0.05, 0.1) is 18.4 Å². The number of esters is 1. The molecule has 0 aliphatic heterocycles. The summed E-state index contributed by atoms with van der Waals surface area (Å²) in [4.78, 5) is 11.1. The number of hydrogen-bond acceptors (Lipinski definition) is 6. The lowest BCUT2D eigenvalue weighted by atomic mass is 10.2. The third kappa shape index (κ3) is 2.87. The molecule has 6 nitrogen and oxygen atoms in total. The van der Waals surface area contributed by atoms with Crippen LogP contribution in [-0.4, -0.2) is 38.7 Å². The molecule has 1 heterocycles. The van der Waals surface area contributed by atoms with E-state index < -0.39 is 0 Å². The zero-order valence-electron chi connectivity index (χ0n) is 10.5. The largest absolute Gasteiger partial charge is 0.507 e. The molecule has 0 unspecified atom stereocenters. The number of aromatic nitrogens is 3. The lowest BCUT2D eigenvalue weighted by Crippen LogP contribution is -2.04. The van der Waals surface area contributed by atoms with E-state index >= 15 is 0 Å². The van der Waals surface area contributed by atoms with Crippen molar-refractivity contribution in [1.29, 1.82) is 0 Å². The van der Waals surface area contributed by atoms with Crippen molar-refractivity contribution >= 4 is 17.7 Å². The summed E-state index contributed by atoms with van der Waals surface area (Å²) in [5.74, 6) is 0.536. The number of ether oxygens (including phenoxy) is 1. The molecule has 0 amide bonds. The van der Waals surface area contributed by atoms with Crippen LogP contribution < -0.4 is 0 Å². The van der Waals surface area contributed by atoms with Crippen LogP contribution in [0.15, 0.2) is 29.4 Å². The first-order valence-electron chi connectivity index (χ1n) is 5.51. The minimum absolute atomic E-state index is 0.141. The Morgan fingerprint density at radius 1 is 1.42 bits per heavy atom. The highest BCUT2D eigenvalue weighted by Crippen LogP contribution is 2.28. The number of hydrogen-bond donors (Lipinski definition) is 1. The predicted molar refractivity (Wildman–Crippen MR) is 70.8 cm³/mol. The van der Waals surface area contributed by atoms with Crippen molar-refractivity contribution in [3.05, 3.63) is 24.3 Å². The second-order valence-corrected chi connectivity index (χ2v) is 4.69. The Morgan fingerprint density at radius 3 is 2.84 bits per heavy atom. The molecule has 2 aromatic rings. The van der Waals surface area contributed by atoms with Crippen molar-refractivity contribution in [1.82, 2.24) is 14.8 Å². The molecule has 2 rings (SSSR count). The SMILES string of the molecule is COC(=O)CSc1nnc(-c2ccccc2O)n1C. The molecule has 7 heteroatoms. The number of phenols is 1. The van der Waals surface area contributed by atoms with Crippen molar-refractivity contribution in [2.24, 2.45) is 7.05 Å². The van der Waals surface area contributed by atoms with Crippen LogP contribution in [0.3, 0.4) is 0 Å². The number of methoxy groups -OCH3 is 1. The quantitative estimate of drug-likeness (QED) is 0.674. The highest BCUT2D eigenvalue weighted by molar-refractivity contribution is 7.99. The van der Waals surface area contributed by atoms with Crippen molar-refractivity contribution in [3.63, 3.8) is 0 Å². The Labute approximate surface area is 114 Å². The number of para-hydroxylation sites is 1. The van der Waals surface area contributed by atoms with Crippen molar-refractivity contribution in [2.45, 2.75) is 5.16 Å². The minimum atomic E-state index is -0.322. The molecule has 0 saturated heterocycles. The van der Waals surface area contributed by atoms with Gasteiger partial charge < -0.3 is 14.4 Å². The minimum Gasteiger partial charge on any atom is -0.507 e. The van der Waals surface area contributed by atoms with E-state index in [4.69, 9.17) is 0 Å². The highest BCUT2D eigenvalue weighted by atomic mass is 32.2. The van der Waals surface area contributed by atoms with E-state index in [2.05, 4.69) is 14.9 Å². The summed E-state index contributed by atoms with van der Waals surface area (Å²) in [6.45, 7) is 0. The van der Waals surface area contributed by atoms with Gasteiger partial charge in [0, 0.05) is 7.05 Å². The molecular weight excluding hydrogens is 266 g/mol. The van der Waals surface area contributed by atoms with Gasteiger partial charge >= 0.3 is 5.97 Å². The van der Waals surface area contributed by atoms with Gasteiger partial charge in [-0.15, -0.1) is 10.2 Å². The third-order valence-electron chi connectivity index (χ3n) is 2.53. The number of benzene rings is 1. The van der Waals surface area contributed by atoms with Crippen LogP contribution in [0.1, 0.15) is 0 Å². The molecule has 0 aliphatic carbocycles. The Kier molecular flexibility index (Phi) is 4.06. The van der Waals surface area contributed by atoms with Gasteiger partial charge in [0.15, 0.2) is 11.0 Å². The summed E-state index contributed by atoms with van der Waals surface area (Å²) in [6.07, 6.45) is 0. The van der Waals surface area contributed by atoms with Gasteiger partial charge in [-0.2, -0.15) is 0 Å². The summed E-state index contributed by atoms with van der Waals surface area (Å²) < 4.78 is 6.29. The fourth-order valence-corrected chi connectivity index (χ4v) is 2.26. The molecule has 0 atom stereocenters. The van der Waals surface area contributed by atoms with Crippen LogP contribution >= 0.6 is 11.8 Å².